The molecule has 3 heteroatoms. The fraction of sp³-hybridized carbons (Fsp3) is 0.389. The molecule has 0 spiro atoms. The van der Waals surface area contributed by atoms with Gasteiger partial charge < -0.3 is 10.2 Å². The molecule has 110 valence electrons. The van der Waals surface area contributed by atoms with E-state index in [0.717, 1.165) is 18.8 Å². The first-order chi connectivity index (χ1) is 10.3. The number of pyridine rings is 1. The minimum absolute atomic E-state index is 0.319. The van der Waals surface area contributed by atoms with Crippen LogP contribution in [0.5, 0.6) is 0 Å². The summed E-state index contributed by atoms with van der Waals surface area (Å²) in [6.07, 6.45) is 4.24. The zero-order valence-corrected chi connectivity index (χ0v) is 12.6. The van der Waals surface area contributed by atoms with E-state index in [1.54, 1.807) is 0 Å². The van der Waals surface area contributed by atoms with Crippen LogP contribution in [0.2, 0.25) is 0 Å². The molecule has 3 rings (SSSR count). The van der Waals surface area contributed by atoms with Crippen LogP contribution in [0.25, 0.3) is 0 Å². The van der Waals surface area contributed by atoms with Gasteiger partial charge in [-0.25, -0.2) is 0 Å². The number of hydrogen-bond acceptors (Lipinski definition) is 3. The smallest absolute Gasteiger partial charge is 0.0570 e. The maximum Gasteiger partial charge on any atom is 0.0570 e. The first-order valence-electron chi connectivity index (χ1n) is 7.80. The lowest BCUT2D eigenvalue weighted by Crippen LogP contribution is -2.43. The highest BCUT2D eigenvalue weighted by molar-refractivity contribution is 5.46. The van der Waals surface area contributed by atoms with Crippen molar-refractivity contribution in [3.05, 3.63) is 60.4 Å². The summed E-state index contributed by atoms with van der Waals surface area (Å²) in [7, 11) is 0. The number of anilines is 1. The van der Waals surface area contributed by atoms with Crippen LogP contribution in [0.15, 0.2) is 54.7 Å². The second-order valence-corrected chi connectivity index (χ2v) is 5.74. The van der Waals surface area contributed by atoms with E-state index in [0.29, 0.717) is 12.1 Å². The van der Waals surface area contributed by atoms with Crippen LogP contribution in [-0.2, 0) is 0 Å². The van der Waals surface area contributed by atoms with Gasteiger partial charge in [-0.2, -0.15) is 0 Å². The Morgan fingerprint density at radius 1 is 1.05 bits per heavy atom. The van der Waals surface area contributed by atoms with Gasteiger partial charge in [0.05, 0.1) is 5.69 Å². The van der Waals surface area contributed by atoms with Crippen molar-refractivity contribution < 1.29 is 0 Å². The van der Waals surface area contributed by atoms with Gasteiger partial charge in [-0.3, -0.25) is 4.98 Å². The zero-order chi connectivity index (χ0) is 14.5. The van der Waals surface area contributed by atoms with Crippen molar-refractivity contribution in [1.29, 1.82) is 0 Å². The Labute approximate surface area is 127 Å². The molecule has 1 atom stereocenters. The van der Waals surface area contributed by atoms with Crippen molar-refractivity contribution in [3.63, 3.8) is 0 Å². The number of hydrogen-bond donors (Lipinski definition) is 1. The molecular weight excluding hydrogens is 258 g/mol. The summed E-state index contributed by atoms with van der Waals surface area (Å²) in [4.78, 5) is 6.91. The summed E-state index contributed by atoms with van der Waals surface area (Å²) in [5.74, 6) is 0. The van der Waals surface area contributed by atoms with Crippen LogP contribution >= 0.6 is 0 Å². The van der Waals surface area contributed by atoms with E-state index in [-0.39, 0.29) is 0 Å². The van der Waals surface area contributed by atoms with Crippen molar-refractivity contribution >= 4 is 5.69 Å². The molecule has 1 N–H and O–H groups in total. The Hall–Kier alpha value is -1.87. The molecule has 2 heterocycles. The fourth-order valence-corrected chi connectivity index (χ4v) is 3.01. The molecule has 0 bridgehead atoms. The molecule has 21 heavy (non-hydrogen) atoms. The topological polar surface area (TPSA) is 28.2 Å². The highest BCUT2D eigenvalue weighted by Crippen LogP contribution is 2.21. The van der Waals surface area contributed by atoms with Gasteiger partial charge in [-0.15, -0.1) is 0 Å². The molecule has 1 fully saturated rings. The normalized spacial score (nSPS) is 17.7. The molecular formula is C18H23N3. The van der Waals surface area contributed by atoms with Crippen LogP contribution < -0.4 is 10.2 Å². The van der Waals surface area contributed by atoms with E-state index in [9.17, 15) is 0 Å². The van der Waals surface area contributed by atoms with E-state index in [1.807, 2.05) is 12.3 Å². The van der Waals surface area contributed by atoms with Gasteiger partial charge in [0.2, 0.25) is 0 Å². The second-order valence-electron chi connectivity index (χ2n) is 5.74. The van der Waals surface area contributed by atoms with Crippen LogP contribution in [0.4, 0.5) is 5.69 Å². The zero-order valence-electron chi connectivity index (χ0n) is 12.6. The van der Waals surface area contributed by atoms with Crippen LogP contribution in [0, 0.1) is 0 Å². The van der Waals surface area contributed by atoms with Crippen molar-refractivity contribution in [1.82, 2.24) is 10.3 Å². The molecule has 1 aliphatic rings. The first kappa shape index (κ1) is 14.1. The van der Waals surface area contributed by atoms with Gasteiger partial charge in [0.25, 0.3) is 0 Å². The third-order valence-electron chi connectivity index (χ3n) is 4.23. The van der Waals surface area contributed by atoms with Crippen LogP contribution in [0.1, 0.15) is 31.5 Å². The Kier molecular flexibility index (Phi) is 4.51. The number of piperidine rings is 1. The van der Waals surface area contributed by atoms with Crippen molar-refractivity contribution in [2.24, 2.45) is 0 Å². The second kappa shape index (κ2) is 6.72. The lowest BCUT2D eigenvalue weighted by atomic mass is 10.0. The average Bonchev–Trinajstić information content (AvgIpc) is 2.57. The summed E-state index contributed by atoms with van der Waals surface area (Å²) in [5, 5.41) is 3.72. The summed E-state index contributed by atoms with van der Waals surface area (Å²) in [6.45, 7) is 4.44. The quantitative estimate of drug-likeness (QED) is 0.931. The number of para-hydroxylation sites is 1. The van der Waals surface area contributed by atoms with E-state index in [2.05, 4.69) is 64.6 Å². The molecule has 1 saturated heterocycles. The summed E-state index contributed by atoms with van der Waals surface area (Å²) in [5.41, 5.74) is 2.47. The molecule has 0 saturated carbocycles. The minimum atomic E-state index is 0.319. The molecule has 0 aliphatic carbocycles. The molecule has 1 aliphatic heterocycles. The lowest BCUT2D eigenvalue weighted by molar-refractivity contribution is 0.377. The highest BCUT2D eigenvalue weighted by Gasteiger charge is 2.21. The van der Waals surface area contributed by atoms with Gasteiger partial charge in [-0.05, 0) is 44.0 Å². The summed E-state index contributed by atoms with van der Waals surface area (Å²) < 4.78 is 0. The SMILES string of the molecule is C[C@@H](NC1CCN(c2ccccc2)CC1)c1ccccn1. The third kappa shape index (κ3) is 3.61. The van der Waals surface area contributed by atoms with Gasteiger partial charge in [0.1, 0.15) is 0 Å². The van der Waals surface area contributed by atoms with Crippen molar-refractivity contribution in [3.8, 4) is 0 Å². The summed E-state index contributed by atoms with van der Waals surface area (Å²) >= 11 is 0. The van der Waals surface area contributed by atoms with Crippen molar-refractivity contribution in [2.45, 2.75) is 31.8 Å². The largest absolute Gasteiger partial charge is 0.371 e. The number of rotatable bonds is 4. The molecule has 0 amide bonds. The van der Waals surface area contributed by atoms with Gasteiger partial charge in [0.15, 0.2) is 0 Å². The molecule has 1 aromatic carbocycles. The van der Waals surface area contributed by atoms with Gasteiger partial charge >= 0.3 is 0 Å². The third-order valence-corrected chi connectivity index (χ3v) is 4.23. The van der Waals surface area contributed by atoms with Crippen LogP contribution in [-0.4, -0.2) is 24.1 Å². The van der Waals surface area contributed by atoms with E-state index >= 15 is 0 Å². The first-order valence-corrected chi connectivity index (χ1v) is 7.80. The van der Waals surface area contributed by atoms with Gasteiger partial charge in [-0.1, -0.05) is 24.3 Å². The van der Waals surface area contributed by atoms with E-state index in [1.165, 1.54) is 18.5 Å². The number of nitrogens with zero attached hydrogens (tertiary/aromatic N) is 2. The maximum atomic E-state index is 4.43. The number of aromatic nitrogens is 1. The standard InChI is InChI=1S/C18H23N3/c1-15(18-9-5-6-12-19-18)20-16-10-13-21(14-11-16)17-7-3-2-4-8-17/h2-9,12,15-16,20H,10-11,13-14H2,1H3/t15-/m1/s1. The Balaban J connectivity index is 1.52. The Morgan fingerprint density at radius 3 is 2.43 bits per heavy atom. The Bertz CT molecular complexity index is 533. The molecule has 3 nitrogen and oxygen atoms in total. The molecule has 2 aromatic rings. The Morgan fingerprint density at radius 2 is 1.76 bits per heavy atom. The monoisotopic (exact) mass is 281 g/mol. The highest BCUT2D eigenvalue weighted by atomic mass is 15.1. The summed E-state index contributed by atoms with van der Waals surface area (Å²) in [6, 6.07) is 17.7. The van der Waals surface area contributed by atoms with Gasteiger partial charge in [0, 0.05) is 37.1 Å². The minimum Gasteiger partial charge on any atom is -0.371 e. The van der Waals surface area contributed by atoms with Crippen LogP contribution in [0.3, 0.4) is 0 Å². The number of nitrogens with one attached hydrogen (secondary N) is 1. The lowest BCUT2D eigenvalue weighted by Gasteiger charge is -2.35. The van der Waals surface area contributed by atoms with E-state index < -0.39 is 0 Å². The van der Waals surface area contributed by atoms with E-state index in [4.69, 9.17) is 0 Å². The molecule has 1 aromatic heterocycles. The average molecular weight is 281 g/mol. The molecule has 0 unspecified atom stereocenters. The number of benzene rings is 1. The maximum absolute atomic E-state index is 4.43. The predicted molar refractivity (Wildman–Crippen MR) is 87.5 cm³/mol. The van der Waals surface area contributed by atoms with Crippen molar-refractivity contribution in [2.75, 3.05) is 18.0 Å². The fourth-order valence-electron chi connectivity index (χ4n) is 3.01. The predicted octanol–water partition coefficient (Wildman–Crippen LogP) is 3.40. The molecule has 0 radical (unpaired) electrons.